The Kier molecular flexibility index (Phi) is 5.99. The number of aromatic nitrogens is 1. The number of hydrogen-bond acceptors (Lipinski definition) is 6. The summed E-state index contributed by atoms with van der Waals surface area (Å²) in [5.41, 5.74) is 1.95. The number of carbonyl (C=O) groups excluding carboxylic acids is 3. The third-order valence-corrected chi connectivity index (χ3v) is 5.14. The molecule has 0 aliphatic carbocycles. The maximum Gasteiger partial charge on any atom is 0.339 e. The van der Waals surface area contributed by atoms with Crippen molar-refractivity contribution in [3.8, 4) is 0 Å². The maximum atomic E-state index is 12.8. The molecule has 1 fully saturated rings. The van der Waals surface area contributed by atoms with Gasteiger partial charge in [-0.05, 0) is 50.9 Å². The van der Waals surface area contributed by atoms with Crippen molar-refractivity contribution in [3.05, 3.63) is 46.7 Å². The van der Waals surface area contributed by atoms with Crippen molar-refractivity contribution in [2.24, 2.45) is 0 Å². The number of H-pyrrole nitrogens is 1. The Morgan fingerprint density at radius 3 is 2.82 bits per heavy atom. The maximum absolute atomic E-state index is 12.8. The topological polar surface area (TPSA) is 105 Å². The Labute approximate surface area is 163 Å². The lowest BCUT2D eigenvalue weighted by molar-refractivity contribution is -0.125. The third-order valence-electron chi connectivity index (χ3n) is 5.14. The number of amides is 1. The molecule has 8 nitrogen and oxygen atoms in total. The number of likely N-dealkylation sites (tertiary alicyclic amines) is 1. The molecule has 1 atom stereocenters. The first-order valence-corrected chi connectivity index (χ1v) is 9.27. The number of esters is 1. The van der Waals surface area contributed by atoms with E-state index in [9.17, 15) is 14.4 Å². The molecule has 1 saturated heterocycles. The van der Waals surface area contributed by atoms with Crippen LogP contribution >= 0.6 is 0 Å². The Bertz CT molecular complexity index is 869. The zero-order chi connectivity index (χ0) is 20.3. The van der Waals surface area contributed by atoms with Gasteiger partial charge in [0.1, 0.15) is 5.76 Å². The number of rotatable bonds is 7. The molecule has 2 aromatic heterocycles. The predicted octanol–water partition coefficient (Wildman–Crippen LogP) is 1.97. The second-order valence-electron chi connectivity index (χ2n) is 6.97. The first kappa shape index (κ1) is 19.9. The van der Waals surface area contributed by atoms with Crippen LogP contribution in [0.1, 0.15) is 50.7 Å². The molecule has 2 aromatic rings. The van der Waals surface area contributed by atoms with Crippen LogP contribution in [0, 0.1) is 13.8 Å². The van der Waals surface area contributed by atoms with E-state index in [-0.39, 0.29) is 24.3 Å². The standard InChI is InChI=1S/C20H25N3O5/c1-12-17(20(26)27-3)13(2)22-18(12)16(24)11-23-8-4-7-15(23)19(25)21-10-14-6-5-9-28-14/h5-6,9,15,22H,4,7-8,10-11H2,1-3H3,(H,21,25). The molecule has 0 spiro atoms. The van der Waals surface area contributed by atoms with Crippen LogP contribution in [-0.2, 0) is 16.1 Å². The van der Waals surface area contributed by atoms with Gasteiger partial charge in [-0.25, -0.2) is 4.79 Å². The lowest BCUT2D eigenvalue weighted by atomic mass is 10.1. The minimum absolute atomic E-state index is 0.111. The highest BCUT2D eigenvalue weighted by Crippen LogP contribution is 2.22. The average molecular weight is 387 g/mol. The number of methoxy groups -OCH3 is 1. The van der Waals surface area contributed by atoms with Crippen LogP contribution in [-0.4, -0.2) is 53.8 Å². The Morgan fingerprint density at radius 2 is 2.14 bits per heavy atom. The van der Waals surface area contributed by atoms with E-state index in [0.29, 0.717) is 47.8 Å². The van der Waals surface area contributed by atoms with E-state index in [4.69, 9.17) is 9.15 Å². The fourth-order valence-corrected chi connectivity index (χ4v) is 3.72. The summed E-state index contributed by atoms with van der Waals surface area (Å²) >= 11 is 0. The van der Waals surface area contributed by atoms with Crippen molar-refractivity contribution in [2.75, 3.05) is 20.2 Å². The molecule has 1 amide bonds. The van der Waals surface area contributed by atoms with Crippen LogP contribution in [0.5, 0.6) is 0 Å². The number of nitrogens with one attached hydrogen (secondary N) is 2. The highest BCUT2D eigenvalue weighted by Gasteiger charge is 2.33. The quantitative estimate of drug-likeness (QED) is 0.556. The molecule has 8 heteroatoms. The largest absolute Gasteiger partial charge is 0.467 e. The van der Waals surface area contributed by atoms with Crippen LogP contribution in [0.15, 0.2) is 22.8 Å². The zero-order valence-electron chi connectivity index (χ0n) is 16.3. The van der Waals surface area contributed by atoms with Crippen molar-refractivity contribution >= 4 is 17.7 Å². The molecule has 0 saturated carbocycles. The molecule has 1 aliphatic heterocycles. The first-order valence-electron chi connectivity index (χ1n) is 9.27. The van der Waals surface area contributed by atoms with Gasteiger partial charge in [-0.2, -0.15) is 0 Å². The fraction of sp³-hybridized carbons (Fsp3) is 0.450. The normalized spacial score (nSPS) is 16.9. The van der Waals surface area contributed by atoms with Gasteiger partial charge in [-0.1, -0.05) is 0 Å². The summed E-state index contributed by atoms with van der Waals surface area (Å²) in [6, 6.07) is 3.21. The van der Waals surface area contributed by atoms with Crippen molar-refractivity contribution in [1.82, 2.24) is 15.2 Å². The third kappa shape index (κ3) is 4.01. The van der Waals surface area contributed by atoms with Crippen LogP contribution < -0.4 is 5.32 Å². The number of aryl methyl sites for hydroxylation is 1. The summed E-state index contributed by atoms with van der Waals surface area (Å²) in [6.45, 7) is 4.56. The minimum Gasteiger partial charge on any atom is -0.467 e. The number of hydrogen-bond donors (Lipinski definition) is 2. The van der Waals surface area contributed by atoms with Gasteiger partial charge >= 0.3 is 5.97 Å². The molecule has 150 valence electrons. The van der Waals surface area contributed by atoms with Gasteiger partial charge in [-0.3, -0.25) is 14.5 Å². The fourth-order valence-electron chi connectivity index (χ4n) is 3.72. The Hall–Kier alpha value is -2.87. The minimum atomic E-state index is -0.471. The van der Waals surface area contributed by atoms with Crippen molar-refractivity contribution in [1.29, 1.82) is 0 Å². The van der Waals surface area contributed by atoms with Crippen LogP contribution in [0.4, 0.5) is 0 Å². The van der Waals surface area contributed by atoms with E-state index >= 15 is 0 Å². The second-order valence-corrected chi connectivity index (χ2v) is 6.97. The van der Waals surface area contributed by atoms with Gasteiger partial charge in [0.2, 0.25) is 5.91 Å². The monoisotopic (exact) mass is 387 g/mol. The van der Waals surface area contributed by atoms with Gasteiger partial charge in [0.25, 0.3) is 0 Å². The molecule has 0 radical (unpaired) electrons. The molecule has 1 unspecified atom stereocenters. The van der Waals surface area contributed by atoms with Crippen LogP contribution in [0.2, 0.25) is 0 Å². The molecule has 0 bridgehead atoms. The number of ketones is 1. The second kappa shape index (κ2) is 8.43. The van der Waals surface area contributed by atoms with Crippen LogP contribution in [0.25, 0.3) is 0 Å². The van der Waals surface area contributed by atoms with E-state index < -0.39 is 5.97 Å². The smallest absolute Gasteiger partial charge is 0.339 e. The number of ether oxygens (including phenoxy) is 1. The summed E-state index contributed by atoms with van der Waals surface area (Å²) in [5.74, 6) is -0.0544. The molecule has 28 heavy (non-hydrogen) atoms. The predicted molar refractivity (Wildman–Crippen MR) is 101 cm³/mol. The van der Waals surface area contributed by atoms with E-state index in [1.807, 2.05) is 4.90 Å². The molecule has 2 N–H and O–H groups in total. The number of furan rings is 1. The van der Waals surface area contributed by atoms with E-state index in [1.54, 1.807) is 32.2 Å². The number of Topliss-reactive ketones (excluding diaryl/α,β-unsaturated/α-hetero) is 1. The summed E-state index contributed by atoms with van der Waals surface area (Å²) < 4.78 is 10.0. The van der Waals surface area contributed by atoms with E-state index in [2.05, 4.69) is 10.3 Å². The molecule has 3 rings (SSSR count). The van der Waals surface area contributed by atoms with Crippen molar-refractivity contribution in [2.45, 2.75) is 39.3 Å². The van der Waals surface area contributed by atoms with Gasteiger partial charge in [0.05, 0.1) is 43.8 Å². The summed E-state index contributed by atoms with van der Waals surface area (Å²) in [4.78, 5) is 42.2. The van der Waals surface area contributed by atoms with Crippen LogP contribution in [0.3, 0.4) is 0 Å². The molecule has 0 aromatic carbocycles. The Morgan fingerprint density at radius 1 is 1.36 bits per heavy atom. The zero-order valence-corrected chi connectivity index (χ0v) is 16.3. The number of carbonyl (C=O) groups is 3. The Balaban J connectivity index is 1.66. The molecule has 3 heterocycles. The number of nitrogens with zero attached hydrogens (tertiary/aromatic N) is 1. The summed E-state index contributed by atoms with van der Waals surface area (Å²) in [5, 5.41) is 2.86. The lowest BCUT2D eigenvalue weighted by Gasteiger charge is -2.22. The molecule has 1 aliphatic rings. The van der Waals surface area contributed by atoms with Crippen molar-refractivity contribution in [3.63, 3.8) is 0 Å². The number of aromatic amines is 1. The van der Waals surface area contributed by atoms with Gasteiger partial charge in [-0.15, -0.1) is 0 Å². The highest BCUT2D eigenvalue weighted by atomic mass is 16.5. The SMILES string of the molecule is COC(=O)c1c(C)[nH]c(C(=O)CN2CCCC2C(=O)NCc2ccco2)c1C. The van der Waals surface area contributed by atoms with E-state index in [0.717, 1.165) is 6.42 Å². The van der Waals surface area contributed by atoms with Crippen molar-refractivity contribution < 1.29 is 23.5 Å². The van der Waals surface area contributed by atoms with Gasteiger partial charge in [0, 0.05) is 5.69 Å². The molecular formula is C20H25N3O5. The highest BCUT2D eigenvalue weighted by molar-refractivity contribution is 6.02. The lowest BCUT2D eigenvalue weighted by Crippen LogP contribution is -2.45. The van der Waals surface area contributed by atoms with Gasteiger partial charge in [0.15, 0.2) is 5.78 Å². The molecular weight excluding hydrogens is 362 g/mol. The summed E-state index contributed by atoms with van der Waals surface area (Å²) in [6.07, 6.45) is 3.11. The first-order chi connectivity index (χ1) is 13.4. The van der Waals surface area contributed by atoms with E-state index in [1.165, 1.54) is 7.11 Å². The van der Waals surface area contributed by atoms with Gasteiger partial charge < -0.3 is 19.5 Å². The summed E-state index contributed by atoms with van der Waals surface area (Å²) in [7, 11) is 1.31. The average Bonchev–Trinajstić information content (AvgIpc) is 3.40.